The van der Waals surface area contributed by atoms with Crippen LogP contribution >= 0.6 is 11.6 Å². The molecule has 0 saturated heterocycles. The van der Waals surface area contributed by atoms with Crippen LogP contribution in [0.3, 0.4) is 0 Å². The standard InChI is InChI=1S/C14H12ClN3O/c15-12-7-6-10-13(18-12)16-11(14(19)17-10)8-9-4-2-1-3-5-9/h1-7,11H,8H2,(H,16,18)(H,17,19). The van der Waals surface area contributed by atoms with E-state index in [-0.39, 0.29) is 11.9 Å². The molecule has 2 aromatic rings. The molecule has 1 aliphatic rings. The van der Waals surface area contributed by atoms with Crippen molar-refractivity contribution in [1.29, 1.82) is 0 Å². The normalized spacial score (nSPS) is 17.3. The largest absolute Gasteiger partial charge is 0.356 e. The number of anilines is 2. The minimum Gasteiger partial charge on any atom is -0.356 e. The lowest BCUT2D eigenvalue weighted by atomic mass is 10.0. The van der Waals surface area contributed by atoms with E-state index < -0.39 is 0 Å². The second-order valence-corrected chi connectivity index (χ2v) is 4.79. The molecule has 0 radical (unpaired) electrons. The molecule has 3 rings (SSSR count). The predicted octanol–water partition coefficient (Wildman–Crippen LogP) is 2.71. The van der Waals surface area contributed by atoms with Gasteiger partial charge in [-0.1, -0.05) is 41.9 Å². The van der Waals surface area contributed by atoms with Crippen LogP contribution in [0.4, 0.5) is 11.5 Å². The molecular weight excluding hydrogens is 262 g/mol. The van der Waals surface area contributed by atoms with Gasteiger partial charge < -0.3 is 10.6 Å². The second kappa shape index (κ2) is 4.90. The summed E-state index contributed by atoms with van der Waals surface area (Å²) < 4.78 is 0. The van der Waals surface area contributed by atoms with Gasteiger partial charge in [-0.05, 0) is 17.7 Å². The van der Waals surface area contributed by atoms with E-state index in [1.54, 1.807) is 12.1 Å². The number of hydrogen-bond acceptors (Lipinski definition) is 3. The molecule has 4 nitrogen and oxygen atoms in total. The highest BCUT2D eigenvalue weighted by atomic mass is 35.5. The molecule has 1 aromatic carbocycles. The summed E-state index contributed by atoms with van der Waals surface area (Å²) in [5, 5.41) is 6.37. The first-order valence-corrected chi connectivity index (χ1v) is 6.38. The summed E-state index contributed by atoms with van der Waals surface area (Å²) >= 11 is 5.86. The topological polar surface area (TPSA) is 54.0 Å². The van der Waals surface area contributed by atoms with Crippen molar-refractivity contribution in [2.24, 2.45) is 0 Å². The molecule has 1 aliphatic heterocycles. The highest BCUT2D eigenvalue weighted by Crippen LogP contribution is 2.27. The van der Waals surface area contributed by atoms with Crippen molar-refractivity contribution in [1.82, 2.24) is 4.98 Å². The third-order valence-electron chi connectivity index (χ3n) is 3.03. The monoisotopic (exact) mass is 273 g/mol. The lowest BCUT2D eigenvalue weighted by Gasteiger charge is -2.26. The maximum atomic E-state index is 12.0. The first kappa shape index (κ1) is 12.0. The van der Waals surface area contributed by atoms with Crippen molar-refractivity contribution in [3.63, 3.8) is 0 Å². The number of pyridine rings is 1. The molecule has 0 fully saturated rings. The summed E-state index contributed by atoms with van der Waals surface area (Å²) in [5.74, 6) is 0.563. The first-order valence-electron chi connectivity index (χ1n) is 6.00. The lowest BCUT2D eigenvalue weighted by molar-refractivity contribution is -0.117. The predicted molar refractivity (Wildman–Crippen MR) is 75.4 cm³/mol. The molecular formula is C14H12ClN3O. The van der Waals surface area contributed by atoms with Gasteiger partial charge in [0.25, 0.3) is 0 Å². The number of carbonyl (C=O) groups is 1. The van der Waals surface area contributed by atoms with Crippen LogP contribution < -0.4 is 10.6 Å². The Labute approximate surface area is 115 Å². The van der Waals surface area contributed by atoms with Crippen LogP contribution in [0.5, 0.6) is 0 Å². The highest BCUT2D eigenvalue weighted by molar-refractivity contribution is 6.29. The van der Waals surface area contributed by atoms with Crippen molar-refractivity contribution in [2.45, 2.75) is 12.5 Å². The van der Waals surface area contributed by atoms with E-state index >= 15 is 0 Å². The Morgan fingerprint density at radius 1 is 1.16 bits per heavy atom. The number of carbonyl (C=O) groups excluding carboxylic acids is 1. The molecule has 19 heavy (non-hydrogen) atoms. The van der Waals surface area contributed by atoms with Gasteiger partial charge in [0.2, 0.25) is 5.91 Å². The van der Waals surface area contributed by atoms with Crippen LogP contribution in [0, 0.1) is 0 Å². The second-order valence-electron chi connectivity index (χ2n) is 4.41. The summed E-state index contributed by atoms with van der Waals surface area (Å²) in [6, 6.07) is 12.9. The number of nitrogens with one attached hydrogen (secondary N) is 2. The Balaban J connectivity index is 1.83. The third kappa shape index (κ3) is 2.53. The van der Waals surface area contributed by atoms with E-state index in [1.165, 1.54) is 0 Å². The Bertz CT molecular complexity index is 615. The van der Waals surface area contributed by atoms with Crippen LogP contribution in [0.1, 0.15) is 5.56 Å². The number of aromatic nitrogens is 1. The van der Waals surface area contributed by atoms with E-state index in [2.05, 4.69) is 15.6 Å². The van der Waals surface area contributed by atoms with E-state index in [0.29, 0.717) is 23.1 Å². The number of fused-ring (bicyclic) bond motifs is 1. The maximum Gasteiger partial charge on any atom is 0.247 e. The van der Waals surface area contributed by atoms with Gasteiger partial charge in [-0.3, -0.25) is 4.79 Å². The molecule has 0 bridgehead atoms. The fourth-order valence-corrected chi connectivity index (χ4v) is 2.24. The number of hydrogen-bond donors (Lipinski definition) is 2. The van der Waals surface area contributed by atoms with Crippen molar-refractivity contribution in [3.05, 3.63) is 53.2 Å². The van der Waals surface area contributed by atoms with Gasteiger partial charge >= 0.3 is 0 Å². The molecule has 1 amide bonds. The maximum absolute atomic E-state index is 12.0. The number of halogens is 1. The van der Waals surface area contributed by atoms with E-state index in [1.807, 2.05) is 30.3 Å². The molecule has 1 atom stereocenters. The summed E-state index contributed by atoms with van der Waals surface area (Å²) in [6.07, 6.45) is 0.611. The average molecular weight is 274 g/mol. The molecule has 2 N–H and O–H groups in total. The summed E-state index contributed by atoms with van der Waals surface area (Å²) in [6.45, 7) is 0. The SMILES string of the molecule is O=C1Nc2ccc(Cl)nc2NC1Cc1ccccc1. The van der Waals surface area contributed by atoms with Crippen molar-refractivity contribution < 1.29 is 4.79 Å². The van der Waals surface area contributed by atoms with Gasteiger partial charge in [-0.25, -0.2) is 4.98 Å². The molecule has 1 unspecified atom stereocenters. The van der Waals surface area contributed by atoms with Gasteiger partial charge in [0.05, 0.1) is 5.69 Å². The van der Waals surface area contributed by atoms with Gasteiger partial charge in [0.15, 0.2) is 5.82 Å². The number of rotatable bonds is 2. The lowest BCUT2D eigenvalue weighted by Crippen LogP contribution is -2.40. The van der Waals surface area contributed by atoms with Gasteiger partial charge in [0.1, 0.15) is 11.2 Å². The van der Waals surface area contributed by atoms with E-state index in [9.17, 15) is 4.79 Å². The average Bonchev–Trinajstić information content (AvgIpc) is 2.41. The minimum atomic E-state index is -0.333. The number of nitrogens with zero attached hydrogens (tertiary/aromatic N) is 1. The molecule has 2 heterocycles. The summed E-state index contributed by atoms with van der Waals surface area (Å²) in [7, 11) is 0. The van der Waals surface area contributed by atoms with Gasteiger partial charge in [-0.2, -0.15) is 0 Å². The van der Waals surface area contributed by atoms with Crippen molar-refractivity contribution >= 4 is 29.0 Å². The van der Waals surface area contributed by atoms with Crippen molar-refractivity contribution in [2.75, 3.05) is 10.6 Å². The quantitative estimate of drug-likeness (QED) is 0.827. The van der Waals surface area contributed by atoms with Crippen molar-refractivity contribution in [3.8, 4) is 0 Å². The molecule has 1 aromatic heterocycles. The van der Waals surface area contributed by atoms with E-state index in [4.69, 9.17) is 11.6 Å². The fourth-order valence-electron chi connectivity index (χ4n) is 2.09. The molecule has 0 saturated carbocycles. The van der Waals surface area contributed by atoms with Crippen LogP contribution in [0.2, 0.25) is 5.15 Å². The Morgan fingerprint density at radius 2 is 1.95 bits per heavy atom. The Kier molecular flexibility index (Phi) is 3.09. The van der Waals surface area contributed by atoms with Gasteiger partial charge in [-0.15, -0.1) is 0 Å². The zero-order valence-electron chi connectivity index (χ0n) is 10.1. The van der Waals surface area contributed by atoms with Gasteiger partial charge in [0, 0.05) is 6.42 Å². The molecule has 0 spiro atoms. The highest BCUT2D eigenvalue weighted by Gasteiger charge is 2.26. The van der Waals surface area contributed by atoms with Crippen LogP contribution in [-0.2, 0) is 11.2 Å². The van der Waals surface area contributed by atoms with Crippen LogP contribution in [0.15, 0.2) is 42.5 Å². The zero-order valence-corrected chi connectivity index (χ0v) is 10.8. The van der Waals surface area contributed by atoms with E-state index in [0.717, 1.165) is 5.56 Å². The van der Waals surface area contributed by atoms with Crippen LogP contribution in [-0.4, -0.2) is 16.9 Å². The van der Waals surface area contributed by atoms with Crippen LogP contribution in [0.25, 0.3) is 0 Å². The molecule has 5 heteroatoms. The Hall–Kier alpha value is -2.07. The summed E-state index contributed by atoms with van der Waals surface area (Å²) in [5.41, 5.74) is 1.76. The number of benzene rings is 1. The molecule has 96 valence electrons. The Morgan fingerprint density at radius 3 is 2.74 bits per heavy atom. The zero-order chi connectivity index (χ0) is 13.2. The fraction of sp³-hybridized carbons (Fsp3) is 0.143. The molecule has 0 aliphatic carbocycles. The smallest absolute Gasteiger partial charge is 0.247 e. The minimum absolute atomic E-state index is 0.0551. The summed E-state index contributed by atoms with van der Waals surface area (Å²) in [4.78, 5) is 16.2. The first-order chi connectivity index (χ1) is 9.22. The number of amides is 1. The third-order valence-corrected chi connectivity index (χ3v) is 3.24.